The highest BCUT2D eigenvalue weighted by atomic mass is 16.6. The molecule has 0 saturated heterocycles. The maximum Gasteiger partial charge on any atom is 0.269 e. The van der Waals surface area contributed by atoms with E-state index in [1.54, 1.807) is 19.2 Å². The van der Waals surface area contributed by atoms with Gasteiger partial charge in [-0.2, -0.15) is 0 Å². The lowest BCUT2D eigenvalue weighted by Crippen LogP contribution is -2.07. The standard InChI is InChI=1S/C22H20N4O3/c1-29-19-11-5-16(6-12-19)13-14-23-22-21(24-20-4-2-3-15-25(20)22)17-7-9-18(10-8-17)26(27)28/h2-12,15,23H,13-14H2,1H3. The molecule has 7 nitrogen and oxygen atoms in total. The molecule has 2 aromatic heterocycles. The SMILES string of the molecule is COc1ccc(CCNc2c(-c3ccc([N+](=O)[O-])cc3)nc3ccccn23)cc1. The van der Waals surface area contributed by atoms with Gasteiger partial charge in [-0.25, -0.2) is 4.98 Å². The maximum absolute atomic E-state index is 10.9. The molecule has 0 aliphatic rings. The molecule has 29 heavy (non-hydrogen) atoms. The van der Waals surface area contributed by atoms with Gasteiger partial charge >= 0.3 is 0 Å². The van der Waals surface area contributed by atoms with Crippen molar-refractivity contribution in [2.24, 2.45) is 0 Å². The van der Waals surface area contributed by atoms with Crippen LogP contribution in [0.5, 0.6) is 5.75 Å². The number of imidazole rings is 1. The van der Waals surface area contributed by atoms with Crippen molar-refractivity contribution in [1.29, 1.82) is 0 Å². The van der Waals surface area contributed by atoms with E-state index in [4.69, 9.17) is 9.72 Å². The van der Waals surface area contributed by atoms with Crippen molar-refractivity contribution >= 4 is 17.2 Å². The number of pyridine rings is 1. The molecule has 0 spiro atoms. The van der Waals surface area contributed by atoms with Gasteiger partial charge in [-0.1, -0.05) is 18.2 Å². The number of rotatable bonds is 7. The van der Waals surface area contributed by atoms with Gasteiger partial charge in [0.15, 0.2) is 0 Å². The number of nitrogens with zero attached hydrogens (tertiary/aromatic N) is 3. The largest absolute Gasteiger partial charge is 0.497 e. The van der Waals surface area contributed by atoms with Crippen molar-refractivity contribution in [3.63, 3.8) is 0 Å². The number of nitro groups is 1. The summed E-state index contributed by atoms with van der Waals surface area (Å²) in [5, 5.41) is 14.4. The number of benzene rings is 2. The van der Waals surface area contributed by atoms with E-state index in [2.05, 4.69) is 5.32 Å². The molecule has 0 atom stereocenters. The minimum Gasteiger partial charge on any atom is -0.497 e. The maximum atomic E-state index is 10.9. The zero-order chi connectivity index (χ0) is 20.2. The number of non-ortho nitro benzene ring substituents is 1. The van der Waals surface area contributed by atoms with Gasteiger partial charge < -0.3 is 10.1 Å². The summed E-state index contributed by atoms with van der Waals surface area (Å²) in [7, 11) is 1.65. The molecule has 2 heterocycles. The van der Waals surface area contributed by atoms with Crippen molar-refractivity contribution in [2.75, 3.05) is 19.0 Å². The van der Waals surface area contributed by atoms with Crippen molar-refractivity contribution in [2.45, 2.75) is 6.42 Å². The topological polar surface area (TPSA) is 81.7 Å². The molecule has 1 N–H and O–H groups in total. The number of hydrogen-bond donors (Lipinski definition) is 1. The second kappa shape index (κ2) is 8.02. The van der Waals surface area contributed by atoms with Crippen LogP contribution in [0.15, 0.2) is 72.9 Å². The average Bonchev–Trinajstić information content (AvgIpc) is 3.13. The van der Waals surface area contributed by atoms with Gasteiger partial charge in [0.1, 0.15) is 22.9 Å². The molecule has 2 aromatic carbocycles. The van der Waals surface area contributed by atoms with Gasteiger partial charge in [-0.05, 0) is 48.4 Å². The normalized spacial score (nSPS) is 10.8. The third-order valence-corrected chi connectivity index (χ3v) is 4.75. The van der Waals surface area contributed by atoms with Gasteiger partial charge in [0, 0.05) is 30.4 Å². The number of nitro benzene ring substituents is 1. The van der Waals surface area contributed by atoms with E-state index in [1.807, 2.05) is 53.1 Å². The van der Waals surface area contributed by atoms with Gasteiger partial charge in [0.25, 0.3) is 5.69 Å². The fraction of sp³-hybridized carbons (Fsp3) is 0.136. The summed E-state index contributed by atoms with van der Waals surface area (Å²) in [6.45, 7) is 0.717. The second-order valence-electron chi connectivity index (χ2n) is 6.57. The number of ether oxygens (including phenoxy) is 1. The number of anilines is 1. The Morgan fingerprint density at radius 3 is 2.52 bits per heavy atom. The van der Waals surface area contributed by atoms with Crippen LogP contribution in [0.3, 0.4) is 0 Å². The van der Waals surface area contributed by atoms with Crippen molar-refractivity contribution in [3.8, 4) is 17.0 Å². The van der Waals surface area contributed by atoms with Gasteiger partial charge in [0.2, 0.25) is 0 Å². The molecule has 4 rings (SSSR count). The second-order valence-corrected chi connectivity index (χ2v) is 6.57. The molecule has 146 valence electrons. The van der Waals surface area contributed by atoms with E-state index < -0.39 is 4.92 Å². The monoisotopic (exact) mass is 388 g/mol. The number of hydrogen-bond acceptors (Lipinski definition) is 5. The molecule has 0 amide bonds. The van der Waals surface area contributed by atoms with E-state index in [9.17, 15) is 10.1 Å². The highest BCUT2D eigenvalue weighted by molar-refractivity contribution is 5.77. The summed E-state index contributed by atoms with van der Waals surface area (Å²) in [5.41, 5.74) is 3.66. The van der Waals surface area contributed by atoms with Crippen molar-refractivity contribution < 1.29 is 9.66 Å². The molecule has 0 aliphatic heterocycles. The van der Waals surface area contributed by atoms with Crippen LogP contribution in [0.1, 0.15) is 5.56 Å². The first-order valence-electron chi connectivity index (χ1n) is 9.24. The first-order valence-corrected chi connectivity index (χ1v) is 9.24. The lowest BCUT2D eigenvalue weighted by atomic mass is 10.1. The Bertz CT molecular complexity index is 1140. The molecule has 0 radical (unpaired) electrons. The van der Waals surface area contributed by atoms with Crippen LogP contribution in [0.25, 0.3) is 16.9 Å². The molecule has 0 aliphatic carbocycles. The molecule has 4 aromatic rings. The first kappa shape index (κ1) is 18.5. The molecule has 0 bridgehead atoms. The fourth-order valence-corrected chi connectivity index (χ4v) is 3.22. The molecule has 0 unspecified atom stereocenters. The molecule has 7 heteroatoms. The number of fused-ring (bicyclic) bond motifs is 1. The van der Waals surface area contributed by atoms with Crippen LogP contribution in [-0.4, -0.2) is 28.0 Å². The van der Waals surface area contributed by atoms with E-state index in [1.165, 1.54) is 17.7 Å². The van der Waals surface area contributed by atoms with E-state index in [0.717, 1.165) is 41.4 Å². The van der Waals surface area contributed by atoms with Gasteiger partial charge in [-0.15, -0.1) is 0 Å². The van der Waals surface area contributed by atoms with Crippen molar-refractivity contribution in [3.05, 3.63) is 88.6 Å². The molecular formula is C22H20N4O3. The highest BCUT2D eigenvalue weighted by Gasteiger charge is 2.15. The molecular weight excluding hydrogens is 368 g/mol. The van der Waals surface area contributed by atoms with Crippen LogP contribution in [-0.2, 0) is 6.42 Å². The summed E-state index contributed by atoms with van der Waals surface area (Å²) < 4.78 is 7.19. The fourth-order valence-electron chi connectivity index (χ4n) is 3.22. The summed E-state index contributed by atoms with van der Waals surface area (Å²) in [4.78, 5) is 15.3. The summed E-state index contributed by atoms with van der Waals surface area (Å²) in [5.74, 6) is 1.70. The lowest BCUT2D eigenvalue weighted by molar-refractivity contribution is -0.384. The summed E-state index contributed by atoms with van der Waals surface area (Å²) >= 11 is 0. The zero-order valence-corrected chi connectivity index (χ0v) is 15.9. The Morgan fingerprint density at radius 2 is 1.83 bits per heavy atom. The molecule has 0 fully saturated rings. The average molecular weight is 388 g/mol. The van der Waals surface area contributed by atoms with E-state index in [0.29, 0.717) is 0 Å². The summed E-state index contributed by atoms with van der Waals surface area (Å²) in [6, 6.07) is 20.3. The van der Waals surface area contributed by atoms with Gasteiger partial charge in [0.05, 0.1) is 12.0 Å². The lowest BCUT2D eigenvalue weighted by Gasteiger charge is -2.09. The Kier molecular flexibility index (Phi) is 5.11. The third-order valence-electron chi connectivity index (χ3n) is 4.75. The minimum atomic E-state index is -0.401. The number of aromatic nitrogens is 2. The first-order chi connectivity index (χ1) is 14.2. The van der Waals surface area contributed by atoms with Crippen LogP contribution in [0.4, 0.5) is 11.5 Å². The Hall–Kier alpha value is -3.87. The number of nitrogens with one attached hydrogen (secondary N) is 1. The predicted molar refractivity (Wildman–Crippen MR) is 112 cm³/mol. The van der Waals surface area contributed by atoms with Crippen LogP contribution >= 0.6 is 0 Å². The molecule has 0 saturated carbocycles. The van der Waals surface area contributed by atoms with Crippen LogP contribution in [0.2, 0.25) is 0 Å². The zero-order valence-electron chi connectivity index (χ0n) is 15.9. The smallest absolute Gasteiger partial charge is 0.269 e. The highest BCUT2D eigenvalue weighted by Crippen LogP contribution is 2.30. The van der Waals surface area contributed by atoms with Crippen LogP contribution < -0.4 is 10.1 Å². The van der Waals surface area contributed by atoms with E-state index in [-0.39, 0.29) is 5.69 Å². The van der Waals surface area contributed by atoms with Gasteiger partial charge in [-0.3, -0.25) is 14.5 Å². The minimum absolute atomic E-state index is 0.0616. The Labute approximate surface area is 167 Å². The van der Waals surface area contributed by atoms with Crippen molar-refractivity contribution in [1.82, 2.24) is 9.38 Å². The summed E-state index contributed by atoms with van der Waals surface area (Å²) in [6.07, 6.45) is 2.79. The predicted octanol–water partition coefficient (Wildman–Crippen LogP) is 4.57. The Balaban J connectivity index is 1.60. The van der Waals surface area contributed by atoms with Crippen LogP contribution in [0, 0.1) is 10.1 Å². The number of methoxy groups -OCH3 is 1. The third kappa shape index (κ3) is 3.89. The quantitative estimate of drug-likeness (QED) is 0.370. The van der Waals surface area contributed by atoms with E-state index >= 15 is 0 Å². The Morgan fingerprint density at radius 1 is 1.07 bits per heavy atom.